The molecule has 0 fully saturated rings. The molecule has 0 aromatic carbocycles. The molecule has 1 amide bonds. The number of aromatic nitrogens is 3. The van der Waals surface area contributed by atoms with Crippen molar-refractivity contribution in [3.05, 3.63) is 12.2 Å². The van der Waals surface area contributed by atoms with E-state index in [1.54, 1.807) is 0 Å². The average Bonchev–Trinajstić information content (AvgIpc) is 2.33. The van der Waals surface area contributed by atoms with Crippen LogP contribution in [0.4, 0.5) is 8.78 Å². The lowest BCUT2D eigenvalue weighted by Gasteiger charge is -2.00. The normalized spacial score (nSPS) is 10.6. The summed E-state index contributed by atoms with van der Waals surface area (Å²) in [5.41, 5.74) is 4.83. The molecule has 0 radical (unpaired) electrons. The van der Waals surface area contributed by atoms with Gasteiger partial charge in [0.05, 0.1) is 0 Å². The molecule has 0 aliphatic heterocycles. The molecule has 1 heterocycles. The first kappa shape index (κ1) is 8.57. The van der Waals surface area contributed by atoms with Crippen molar-refractivity contribution >= 4 is 5.91 Å². The second-order valence-corrected chi connectivity index (χ2v) is 2.02. The third-order valence-corrected chi connectivity index (χ3v) is 1.15. The van der Waals surface area contributed by atoms with Crippen LogP contribution >= 0.6 is 0 Å². The molecule has 0 saturated heterocycles. The topological polar surface area (TPSA) is 73.8 Å². The van der Waals surface area contributed by atoms with Crippen LogP contribution in [0.1, 0.15) is 10.6 Å². The summed E-state index contributed by atoms with van der Waals surface area (Å²) < 4.78 is 24.4. The molecule has 7 heteroatoms. The van der Waals surface area contributed by atoms with Gasteiger partial charge in [-0.1, -0.05) is 0 Å². The van der Waals surface area contributed by atoms with E-state index >= 15 is 0 Å². The molecule has 1 aromatic heterocycles. The summed E-state index contributed by atoms with van der Waals surface area (Å²) in [7, 11) is 0. The van der Waals surface area contributed by atoms with E-state index in [0.29, 0.717) is 0 Å². The predicted octanol–water partition coefficient (Wildman–Crippen LogP) is -0.358. The van der Waals surface area contributed by atoms with Crippen molar-refractivity contribution < 1.29 is 13.6 Å². The summed E-state index contributed by atoms with van der Waals surface area (Å²) in [4.78, 5) is 13.9. The number of nitrogens with two attached hydrogens (primary N) is 1. The third-order valence-electron chi connectivity index (χ3n) is 1.15. The van der Waals surface area contributed by atoms with Gasteiger partial charge in [-0.15, -0.1) is 0 Å². The zero-order valence-corrected chi connectivity index (χ0v) is 5.94. The molecule has 0 atom stereocenters. The van der Waals surface area contributed by atoms with Crippen LogP contribution < -0.4 is 5.73 Å². The highest BCUT2D eigenvalue weighted by Gasteiger charge is 2.13. The Balaban J connectivity index is 2.84. The standard InChI is InChI=1S/C5H6F2N4O/c6-3(7)1-11-5(4(8)12)9-2-10-11/h2-3H,1H2,(H2,8,12). The lowest BCUT2D eigenvalue weighted by molar-refractivity contribution is 0.0962. The molecular formula is C5H6F2N4O. The van der Waals surface area contributed by atoms with E-state index in [1.165, 1.54) is 0 Å². The molecule has 2 N–H and O–H groups in total. The molecule has 12 heavy (non-hydrogen) atoms. The Morgan fingerprint density at radius 1 is 1.75 bits per heavy atom. The molecule has 66 valence electrons. The Kier molecular flexibility index (Phi) is 2.32. The number of hydrogen-bond donors (Lipinski definition) is 1. The van der Waals surface area contributed by atoms with Crippen LogP contribution in [0.3, 0.4) is 0 Å². The van der Waals surface area contributed by atoms with Gasteiger partial charge < -0.3 is 5.73 Å². The fraction of sp³-hybridized carbons (Fsp3) is 0.400. The minimum absolute atomic E-state index is 0.254. The van der Waals surface area contributed by atoms with Gasteiger partial charge in [0.2, 0.25) is 5.82 Å². The smallest absolute Gasteiger partial charge is 0.286 e. The molecule has 1 aromatic rings. The average molecular weight is 176 g/mol. The number of nitrogens with zero attached hydrogens (tertiary/aromatic N) is 3. The zero-order valence-electron chi connectivity index (χ0n) is 5.94. The number of carbonyl (C=O) groups excluding carboxylic acids is 1. The highest BCUT2D eigenvalue weighted by Crippen LogP contribution is 1.99. The van der Waals surface area contributed by atoms with Crippen LogP contribution in [0.25, 0.3) is 0 Å². The highest BCUT2D eigenvalue weighted by molar-refractivity contribution is 5.88. The third kappa shape index (κ3) is 1.74. The van der Waals surface area contributed by atoms with Crippen LogP contribution in [-0.4, -0.2) is 27.1 Å². The number of primary amides is 1. The molecule has 0 saturated carbocycles. The van der Waals surface area contributed by atoms with Crippen molar-refractivity contribution in [1.29, 1.82) is 0 Å². The summed E-state index contributed by atoms with van der Waals surface area (Å²) in [5.74, 6) is -1.12. The first-order valence-electron chi connectivity index (χ1n) is 3.07. The van der Waals surface area contributed by atoms with Crippen LogP contribution in [0, 0.1) is 0 Å². The van der Waals surface area contributed by atoms with Gasteiger partial charge >= 0.3 is 0 Å². The number of halogens is 2. The number of carbonyl (C=O) groups is 1. The van der Waals surface area contributed by atoms with E-state index in [-0.39, 0.29) is 5.82 Å². The maximum absolute atomic E-state index is 11.8. The number of amides is 1. The Morgan fingerprint density at radius 3 is 2.92 bits per heavy atom. The maximum Gasteiger partial charge on any atom is 0.286 e. The van der Waals surface area contributed by atoms with Crippen molar-refractivity contribution in [2.75, 3.05) is 0 Å². The van der Waals surface area contributed by atoms with E-state index < -0.39 is 18.9 Å². The predicted molar refractivity (Wildman–Crippen MR) is 34.5 cm³/mol. The summed E-state index contributed by atoms with van der Waals surface area (Å²) in [6.45, 7) is -0.668. The van der Waals surface area contributed by atoms with E-state index in [9.17, 15) is 13.6 Å². The van der Waals surface area contributed by atoms with Gasteiger partial charge in [-0.05, 0) is 0 Å². The van der Waals surface area contributed by atoms with Crippen molar-refractivity contribution in [3.8, 4) is 0 Å². The molecule has 0 aliphatic carbocycles. The largest absolute Gasteiger partial charge is 0.363 e. The van der Waals surface area contributed by atoms with E-state index in [1.807, 2.05) is 0 Å². The van der Waals surface area contributed by atoms with Gasteiger partial charge in [-0.25, -0.2) is 18.4 Å². The second-order valence-electron chi connectivity index (χ2n) is 2.02. The summed E-state index contributed by atoms with van der Waals surface area (Å²) in [6.07, 6.45) is -1.58. The van der Waals surface area contributed by atoms with Gasteiger partial charge in [-0.3, -0.25) is 4.79 Å². The monoisotopic (exact) mass is 176 g/mol. The fourth-order valence-electron chi connectivity index (χ4n) is 0.719. The summed E-state index contributed by atoms with van der Waals surface area (Å²) in [5, 5.41) is 3.40. The lowest BCUT2D eigenvalue weighted by Crippen LogP contribution is -2.21. The van der Waals surface area contributed by atoms with Crippen LogP contribution in [0.2, 0.25) is 0 Å². The number of rotatable bonds is 3. The number of alkyl halides is 2. The molecular weight excluding hydrogens is 170 g/mol. The SMILES string of the molecule is NC(=O)c1ncnn1CC(F)F. The first-order chi connectivity index (χ1) is 5.61. The number of hydrogen-bond acceptors (Lipinski definition) is 3. The molecule has 0 bridgehead atoms. The van der Waals surface area contributed by atoms with Crippen molar-refractivity contribution in [3.63, 3.8) is 0 Å². The molecule has 5 nitrogen and oxygen atoms in total. The van der Waals surface area contributed by atoms with E-state index in [2.05, 4.69) is 10.1 Å². The molecule has 0 aliphatic rings. The molecule has 0 unspecified atom stereocenters. The minimum atomic E-state index is -2.58. The summed E-state index contributed by atoms with van der Waals surface area (Å²) in [6, 6.07) is 0. The maximum atomic E-state index is 11.8. The first-order valence-corrected chi connectivity index (χ1v) is 3.07. The van der Waals surface area contributed by atoms with Crippen LogP contribution in [0.5, 0.6) is 0 Å². The summed E-state index contributed by atoms with van der Waals surface area (Å²) >= 11 is 0. The molecule has 0 spiro atoms. The van der Waals surface area contributed by atoms with Crippen molar-refractivity contribution in [2.24, 2.45) is 5.73 Å². The molecule has 1 rings (SSSR count). The zero-order chi connectivity index (χ0) is 9.14. The van der Waals surface area contributed by atoms with Crippen molar-refractivity contribution in [1.82, 2.24) is 14.8 Å². The van der Waals surface area contributed by atoms with Crippen LogP contribution in [-0.2, 0) is 6.54 Å². The Morgan fingerprint density at radius 2 is 2.42 bits per heavy atom. The minimum Gasteiger partial charge on any atom is -0.363 e. The van der Waals surface area contributed by atoms with Gasteiger partial charge in [0.15, 0.2) is 0 Å². The Labute approximate surface area is 66.2 Å². The van der Waals surface area contributed by atoms with Crippen LogP contribution in [0.15, 0.2) is 6.33 Å². The van der Waals surface area contributed by atoms with Gasteiger partial charge in [0, 0.05) is 0 Å². The fourth-order valence-corrected chi connectivity index (χ4v) is 0.719. The second kappa shape index (κ2) is 3.24. The van der Waals surface area contributed by atoms with Gasteiger partial charge in [0.1, 0.15) is 12.9 Å². The Bertz CT molecular complexity index is 285. The van der Waals surface area contributed by atoms with Crippen molar-refractivity contribution in [2.45, 2.75) is 13.0 Å². The van der Waals surface area contributed by atoms with Gasteiger partial charge in [0.25, 0.3) is 12.3 Å². The van der Waals surface area contributed by atoms with E-state index in [0.717, 1.165) is 11.0 Å². The highest BCUT2D eigenvalue weighted by atomic mass is 19.3. The Hall–Kier alpha value is -1.53. The van der Waals surface area contributed by atoms with Gasteiger partial charge in [-0.2, -0.15) is 5.10 Å². The van der Waals surface area contributed by atoms with E-state index in [4.69, 9.17) is 5.73 Å². The lowest BCUT2D eigenvalue weighted by atomic mass is 10.5. The quantitative estimate of drug-likeness (QED) is 0.683.